The lowest BCUT2D eigenvalue weighted by molar-refractivity contribution is -0.137. The maximum absolute atomic E-state index is 10.4. The van der Waals surface area contributed by atoms with Crippen molar-refractivity contribution in [1.29, 1.82) is 0 Å². The lowest BCUT2D eigenvalue weighted by Crippen LogP contribution is -2.29. The molecule has 0 rings (SSSR count). The summed E-state index contributed by atoms with van der Waals surface area (Å²) in [7, 11) is 0. The Morgan fingerprint density at radius 3 is 1.77 bits per heavy atom. The van der Waals surface area contributed by atoms with Crippen LogP contribution in [0.25, 0.3) is 0 Å². The first kappa shape index (κ1) is 21.4. The Morgan fingerprint density at radius 1 is 0.773 bits per heavy atom. The molecule has 4 heteroatoms. The van der Waals surface area contributed by atoms with Gasteiger partial charge in [-0.1, -0.05) is 58.3 Å². The molecule has 0 bridgehead atoms. The smallest absolute Gasteiger partial charge is 0.303 e. The third-order valence-corrected chi connectivity index (χ3v) is 4.11. The van der Waals surface area contributed by atoms with E-state index in [0.717, 1.165) is 51.7 Å². The number of nitrogens with zero attached hydrogens (tertiary/aromatic N) is 1. The van der Waals surface area contributed by atoms with Crippen molar-refractivity contribution in [3.8, 4) is 0 Å². The van der Waals surface area contributed by atoms with E-state index in [4.69, 9.17) is 10.2 Å². The number of aliphatic hydroxyl groups excluding tert-OH is 1. The fourth-order valence-corrected chi connectivity index (χ4v) is 2.73. The molecule has 0 fully saturated rings. The summed E-state index contributed by atoms with van der Waals surface area (Å²) in [5, 5.41) is 17.7. The van der Waals surface area contributed by atoms with Crippen molar-refractivity contribution in [2.75, 3.05) is 26.2 Å². The van der Waals surface area contributed by atoms with E-state index in [9.17, 15) is 4.79 Å². The quantitative estimate of drug-likeness (QED) is 0.397. The maximum atomic E-state index is 10.4. The molecule has 0 atom stereocenters. The van der Waals surface area contributed by atoms with Crippen LogP contribution in [0.4, 0.5) is 0 Å². The molecule has 0 aromatic carbocycles. The highest BCUT2D eigenvalue weighted by Crippen LogP contribution is 2.09. The summed E-state index contributed by atoms with van der Waals surface area (Å²) < 4.78 is 0. The monoisotopic (exact) mass is 315 g/mol. The van der Waals surface area contributed by atoms with Gasteiger partial charge in [0.1, 0.15) is 0 Å². The van der Waals surface area contributed by atoms with Crippen LogP contribution in [-0.2, 0) is 4.79 Å². The molecule has 0 unspecified atom stereocenters. The van der Waals surface area contributed by atoms with Gasteiger partial charge in [0.2, 0.25) is 0 Å². The van der Waals surface area contributed by atoms with Gasteiger partial charge in [-0.3, -0.25) is 4.79 Å². The Labute approximate surface area is 136 Å². The zero-order chi connectivity index (χ0) is 16.5. The zero-order valence-electron chi connectivity index (χ0n) is 14.6. The fraction of sp³-hybridized carbons (Fsp3) is 0.944. The minimum atomic E-state index is -0.687. The molecule has 0 amide bonds. The molecule has 0 radical (unpaired) electrons. The lowest BCUT2D eigenvalue weighted by atomic mass is 10.1. The second-order valence-corrected chi connectivity index (χ2v) is 6.24. The molecular formula is C18H37NO3. The number of rotatable bonds is 17. The molecule has 4 nitrogen and oxygen atoms in total. The van der Waals surface area contributed by atoms with Crippen LogP contribution in [0.5, 0.6) is 0 Å². The van der Waals surface area contributed by atoms with Gasteiger partial charge in [0.25, 0.3) is 0 Å². The first-order valence-electron chi connectivity index (χ1n) is 9.25. The standard InChI is InChI=1S/C18H37NO3/c1-2-3-4-5-8-11-14-19(16-17-20)15-12-9-6-7-10-13-18(21)22/h20H,2-17H2,1H3,(H,21,22). The molecule has 0 spiro atoms. The van der Waals surface area contributed by atoms with Crippen molar-refractivity contribution in [2.45, 2.75) is 84.0 Å². The second kappa shape index (κ2) is 16.8. The van der Waals surface area contributed by atoms with Crippen molar-refractivity contribution in [1.82, 2.24) is 4.90 Å². The van der Waals surface area contributed by atoms with Gasteiger partial charge in [-0.2, -0.15) is 0 Å². The molecule has 0 aromatic rings. The van der Waals surface area contributed by atoms with Crippen LogP contribution in [0.15, 0.2) is 0 Å². The molecule has 22 heavy (non-hydrogen) atoms. The average Bonchev–Trinajstić information content (AvgIpc) is 2.49. The Bertz CT molecular complexity index is 246. The van der Waals surface area contributed by atoms with Crippen LogP contribution in [-0.4, -0.2) is 47.3 Å². The highest BCUT2D eigenvalue weighted by molar-refractivity contribution is 5.66. The number of carbonyl (C=O) groups is 1. The number of carboxylic acid groups (broad SMARTS) is 1. The van der Waals surface area contributed by atoms with E-state index in [1.807, 2.05) is 0 Å². The number of aliphatic carboxylic acids is 1. The van der Waals surface area contributed by atoms with Crippen molar-refractivity contribution in [3.63, 3.8) is 0 Å². The summed E-state index contributed by atoms with van der Waals surface area (Å²) in [6.07, 6.45) is 13.4. The SMILES string of the molecule is CCCCCCCCN(CCO)CCCCCCCC(=O)O. The van der Waals surface area contributed by atoms with Crippen molar-refractivity contribution in [3.05, 3.63) is 0 Å². The van der Waals surface area contributed by atoms with Gasteiger partial charge in [0, 0.05) is 13.0 Å². The summed E-state index contributed by atoms with van der Waals surface area (Å²) in [5.74, 6) is -0.687. The highest BCUT2D eigenvalue weighted by Gasteiger charge is 2.04. The number of hydrogen-bond acceptors (Lipinski definition) is 3. The Balaban J connectivity index is 3.49. The minimum absolute atomic E-state index is 0.244. The Hall–Kier alpha value is -0.610. The predicted molar refractivity (Wildman–Crippen MR) is 92.2 cm³/mol. The minimum Gasteiger partial charge on any atom is -0.481 e. The molecule has 0 aromatic heterocycles. The molecular weight excluding hydrogens is 278 g/mol. The van der Waals surface area contributed by atoms with Gasteiger partial charge in [-0.25, -0.2) is 0 Å². The van der Waals surface area contributed by atoms with Gasteiger partial charge in [-0.05, 0) is 32.4 Å². The Kier molecular flexibility index (Phi) is 16.3. The summed E-state index contributed by atoms with van der Waals surface area (Å²) in [5.41, 5.74) is 0. The van der Waals surface area contributed by atoms with Gasteiger partial charge < -0.3 is 15.1 Å². The molecule has 2 N–H and O–H groups in total. The summed E-state index contributed by atoms with van der Waals surface area (Å²) >= 11 is 0. The molecule has 0 aliphatic carbocycles. The largest absolute Gasteiger partial charge is 0.481 e. The fourth-order valence-electron chi connectivity index (χ4n) is 2.73. The van der Waals surface area contributed by atoms with Gasteiger partial charge in [0.05, 0.1) is 6.61 Å². The molecule has 0 aliphatic heterocycles. The molecule has 132 valence electrons. The van der Waals surface area contributed by atoms with E-state index in [1.165, 1.54) is 38.5 Å². The molecule has 0 aliphatic rings. The molecule has 0 saturated carbocycles. The van der Waals surface area contributed by atoms with Crippen LogP contribution in [0.3, 0.4) is 0 Å². The van der Waals surface area contributed by atoms with E-state index in [-0.39, 0.29) is 6.61 Å². The van der Waals surface area contributed by atoms with Gasteiger partial charge in [0.15, 0.2) is 0 Å². The summed E-state index contributed by atoms with van der Waals surface area (Å²) in [6.45, 7) is 5.44. The average molecular weight is 315 g/mol. The second-order valence-electron chi connectivity index (χ2n) is 6.24. The summed E-state index contributed by atoms with van der Waals surface area (Å²) in [6, 6.07) is 0. The van der Waals surface area contributed by atoms with Crippen LogP contribution >= 0.6 is 0 Å². The maximum Gasteiger partial charge on any atom is 0.303 e. The van der Waals surface area contributed by atoms with Crippen molar-refractivity contribution in [2.24, 2.45) is 0 Å². The first-order chi connectivity index (χ1) is 10.7. The number of carboxylic acids is 1. The van der Waals surface area contributed by atoms with E-state index in [1.54, 1.807) is 0 Å². The van der Waals surface area contributed by atoms with E-state index in [0.29, 0.717) is 6.42 Å². The van der Waals surface area contributed by atoms with Crippen LogP contribution < -0.4 is 0 Å². The lowest BCUT2D eigenvalue weighted by Gasteiger charge is -2.21. The highest BCUT2D eigenvalue weighted by atomic mass is 16.4. The topological polar surface area (TPSA) is 60.8 Å². The normalized spacial score (nSPS) is 11.2. The Morgan fingerprint density at radius 2 is 1.27 bits per heavy atom. The van der Waals surface area contributed by atoms with Crippen LogP contribution in [0, 0.1) is 0 Å². The number of unbranched alkanes of at least 4 members (excludes halogenated alkanes) is 9. The van der Waals surface area contributed by atoms with Gasteiger partial charge in [-0.15, -0.1) is 0 Å². The van der Waals surface area contributed by atoms with E-state index in [2.05, 4.69) is 11.8 Å². The zero-order valence-corrected chi connectivity index (χ0v) is 14.6. The third-order valence-electron chi connectivity index (χ3n) is 4.11. The van der Waals surface area contributed by atoms with E-state index >= 15 is 0 Å². The van der Waals surface area contributed by atoms with Crippen LogP contribution in [0.1, 0.15) is 84.0 Å². The van der Waals surface area contributed by atoms with E-state index < -0.39 is 5.97 Å². The van der Waals surface area contributed by atoms with Gasteiger partial charge >= 0.3 is 5.97 Å². The predicted octanol–water partition coefficient (Wildman–Crippen LogP) is 4.07. The number of hydrogen-bond donors (Lipinski definition) is 2. The van der Waals surface area contributed by atoms with Crippen LogP contribution in [0.2, 0.25) is 0 Å². The molecule has 0 heterocycles. The van der Waals surface area contributed by atoms with Crippen molar-refractivity contribution >= 4 is 5.97 Å². The van der Waals surface area contributed by atoms with Crippen molar-refractivity contribution < 1.29 is 15.0 Å². The first-order valence-corrected chi connectivity index (χ1v) is 9.25. The summed E-state index contributed by atoms with van der Waals surface area (Å²) in [4.78, 5) is 12.8. The number of aliphatic hydroxyl groups is 1. The molecule has 0 saturated heterocycles. The third kappa shape index (κ3) is 15.8.